The molecule has 1 atom stereocenters. The molecule has 0 aliphatic rings. The van der Waals surface area contributed by atoms with Crippen molar-refractivity contribution in [2.45, 2.75) is 19.8 Å². The average molecular weight is 176 g/mol. The highest BCUT2D eigenvalue weighted by Crippen LogP contribution is 2.07. The molecule has 0 radical (unpaired) electrons. The van der Waals surface area contributed by atoms with Crippen LogP contribution in [-0.2, 0) is 9.59 Å². The number of thiol groups is 1. The summed E-state index contributed by atoms with van der Waals surface area (Å²) < 4.78 is 0. The van der Waals surface area contributed by atoms with Crippen molar-refractivity contribution in [2.75, 3.05) is 5.75 Å². The second-order valence-electron chi connectivity index (χ2n) is 2.44. The highest BCUT2D eigenvalue weighted by Gasteiger charge is 2.18. The van der Waals surface area contributed by atoms with Crippen molar-refractivity contribution in [1.82, 2.24) is 0 Å². The van der Waals surface area contributed by atoms with Crippen molar-refractivity contribution in [3.63, 3.8) is 0 Å². The van der Waals surface area contributed by atoms with E-state index in [4.69, 9.17) is 5.11 Å². The van der Waals surface area contributed by atoms with Gasteiger partial charge in [-0.15, -0.1) is 0 Å². The molecule has 0 aromatic carbocycles. The smallest absolute Gasteiger partial charge is 0.372 e. The van der Waals surface area contributed by atoms with E-state index in [-0.39, 0.29) is 5.92 Å². The Labute approximate surface area is 71.2 Å². The van der Waals surface area contributed by atoms with Crippen molar-refractivity contribution in [1.29, 1.82) is 0 Å². The Hall–Kier alpha value is -0.510. The van der Waals surface area contributed by atoms with Crippen molar-refractivity contribution in [3.8, 4) is 0 Å². The highest BCUT2D eigenvalue weighted by atomic mass is 32.1. The molecular formula is C7H12O3S. The van der Waals surface area contributed by atoms with Crippen LogP contribution in [0.25, 0.3) is 0 Å². The number of ketones is 1. The molecule has 0 bridgehead atoms. The zero-order valence-electron chi connectivity index (χ0n) is 6.41. The quantitative estimate of drug-likeness (QED) is 0.485. The second-order valence-corrected chi connectivity index (χ2v) is 2.88. The van der Waals surface area contributed by atoms with Gasteiger partial charge in [-0.3, -0.25) is 4.79 Å². The summed E-state index contributed by atoms with van der Waals surface area (Å²) in [4.78, 5) is 20.9. The van der Waals surface area contributed by atoms with Gasteiger partial charge in [-0.25, -0.2) is 4.79 Å². The molecule has 0 aromatic rings. The van der Waals surface area contributed by atoms with Crippen LogP contribution in [0.3, 0.4) is 0 Å². The van der Waals surface area contributed by atoms with Crippen LogP contribution < -0.4 is 0 Å². The van der Waals surface area contributed by atoms with Crippen LogP contribution in [0.1, 0.15) is 19.8 Å². The molecule has 1 unspecified atom stereocenters. The molecule has 0 spiro atoms. The lowest BCUT2D eigenvalue weighted by molar-refractivity contribution is -0.150. The molecule has 0 amide bonds. The molecule has 3 nitrogen and oxygen atoms in total. The number of carboxylic acid groups (broad SMARTS) is 1. The first-order valence-corrected chi connectivity index (χ1v) is 4.10. The van der Waals surface area contributed by atoms with Crippen molar-refractivity contribution < 1.29 is 14.7 Å². The number of hydrogen-bond acceptors (Lipinski definition) is 3. The zero-order valence-corrected chi connectivity index (χ0v) is 7.30. The molecule has 0 saturated carbocycles. The Bertz CT molecular complexity index is 156. The number of carbonyl (C=O) groups excluding carboxylic acids is 1. The lowest BCUT2D eigenvalue weighted by atomic mass is 10.0. The van der Waals surface area contributed by atoms with Crippen LogP contribution in [0.15, 0.2) is 0 Å². The van der Waals surface area contributed by atoms with Gasteiger partial charge >= 0.3 is 5.97 Å². The minimum absolute atomic E-state index is 0.375. The standard InChI is InChI=1S/C7H12O3S/c1-5(3-2-4-11)6(8)7(9)10/h5,11H,2-4H2,1H3,(H,9,10). The van der Waals surface area contributed by atoms with Crippen LogP contribution in [0.5, 0.6) is 0 Å². The Balaban J connectivity index is 3.73. The Kier molecular flexibility index (Phi) is 4.94. The monoisotopic (exact) mass is 176 g/mol. The predicted octanol–water partition coefficient (Wildman–Crippen LogP) is 0.986. The Morgan fingerprint density at radius 2 is 2.09 bits per heavy atom. The number of hydrogen-bond donors (Lipinski definition) is 2. The summed E-state index contributed by atoms with van der Waals surface area (Å²) in [5.74, 6) is -1.72. The molecule has 0 rings (SSSR count). The van der Waals surface area contributed by atoms with Gasteiger partial charge in [-0.2, -0.15) is 12.6 Å². The number of aliphatic carboxylic acids is 1. The molecule has 1 N–H and O–H groups in total. The van der Waals surface area contributed by atoms with E-state index in [0.29, 0.717) is 12.2 Å². The third-order valence-electron chi connectivity index (χ3n) is 1.45. The molecule has 4 heteroatoms. The van der Waals surface area contributed by atoms with Gasteiger partial charge in [0.1, 0.15) is 0 Å². The third-order valence-corrected chi connectivity index (χ3v) is 1.77. The van der Waals surface area contributed by atoms with Crippen molar-refractivity contribution >= 4 is 24.4 Å². The molecule has 0 aromatic heterocycles. The van der Waals surface area contributed by atoms with E-state index in [1.807, 2.05) is 0 Å². The first kappa shape index (κ1) is 10.5. The normalized spacial score (nSPS) is 12.5. The molecule has 0 saturated heterocycles. The maximum Gasteiger partial charge on any atom is 0.372 e. The predicted molar refractivity (Wildman–Crippen MR) is 44.9 cm³/mol. The van der Waals surface area contributed by atoms with E-state index in [1.165, 1.54) is 0 Å². The maximum atomic E-state index is 10.7. The van der Waals surface area contributed by atoms with Crippen LogP contribution in [-0.4, -0.2) is 22.6 Å². The van der Waals surface area contributed by atoms with Gasteiger partial charge in [0.25, 0.3) is 0 Å². The lowest BCUT2D eigenvalue weighted by Gasteiger charge is -2.04. The second kappa shape index (κ2) is 5.18. The molecule has 0 aliphatic heterocycles. The van der Waals surface area contributed by atoms with E-state index in [1.54, 1.807) is 6.92 Å². The average Bonchev–Trinajstić information content (AvgIpc) is 1.98. The Morgan fingerprint density at radius 3 is 2.45 bits per heavy atom. The van der Waals surface area contributed by atoms with Gasteiger partial charge in [0, 0.05) is 5.92 Å². The number of carboxylic acids is 1. The first-order valence-electron chi connectivity index (χ1n) is 3.47. The van der Waals surface area contributed by atoms with E-state index in [2.05, 4.69) is 12.6 Å². The van der Waals surface area contributed by atoms with Crippen molar-refractivity contribution in [3.05, 3.63) is 0 Å². The highest BCUT2D eigenvalue weighted by molar-refractivity contribution is 7.80. The molecule has 0 heterocycles. The van der Waals surface area contributed by atoms with Crippen LogP contribution in [0, 0.1) is 5.92 Å². The summed E-state index contributed by atoms with van der Waals surface area (Å²) in [6.07, 6.45) is 1.39. The van der Waals surface area contributed by atoms with E-state index in [0.717, 1.165) is 6.42 Å². The lowest BCUT2D eigenvalue weighted by Crippen LogP contribution is -2.20. The number of Topliss-reactive ketones (excluding diaryl/α,β-unsaturated/α-hetero) is 1. The van der Waals surface area contributed by atoms with Gasteiger partial charge in [-0.05, 0) is 18.6 Å². The minimum atomic E-state index is -1.34. The Morgan fingerprint density at radius 1 is 1.55 bits per heavy atom. The van der Waals surface area contributed by atoms with E-state index >= 15 is 0 Å². The fourth-order valence-corrected chi connectivity index (χ4v) is 0.922. The summed E-state index contributed by atoms with van der Waals surface area (Å²) in [5, 5.41) is 8.28. The van der Waals surface area contributed by atoms with Crippen LogP contribution in [0.2, 0.25) is 0 Å². The van der Waals surface area contributed by atoms with Crippen LogP contribution in [0.4, 0.5) is 0 Å². The van der Waals surface area contributed by atoms with E-state index < -0.39 is 11.8 Å². The van der Waals surface area contributed by atoms with Gasteiger partial charge in [0.05, 0.1) is 0 Å². The fourth-order valence-electron chi connectivity index (χ4n) is 0.739. The summed E-state index contributed by atoms with van der Waals surface area (Å²) in [5.41, 5.74) is 0. The molecule has 0 aliphatic carbocycles. The third kappa shape index (κ3) is 4.03. The summed E-state index contributed by atoms with van der Waals surface area (Å²) in [6.45, 7) is 1.62. The van der Waals surface area contributed by atoms with Crippen LogP contribution >= 0.6 is 12.6 Å². The van der Waals surface area contributed by atoms with Crippen molar-refractivity contribution in [2.24, 2.45) is 5.92 Å². The molecular weight excluding hydrogens is 164 g/mol. The van der Waals surface area contributed by atoms with Gasteiger partial charge < -0.3 is 5.11 Å². The van der Waals surface area contributed by atoms with Gasteiger partial charge in [-0.1, -0.05) is 6.92 Å². The zero-order chi connectivity index (χ0) is 8.85. The van der Waals surface area contributed by atoms with Gasteiger partial charge in [0.2, 0.25) is 5.78 Å². The SMILES string of the molecule is CC(CCCS)C(=O)C(=O)O. The number of carbonyl (C=O) groups is 2. The summed E-state index contributed by atoms with van der Waals surface area (Å²) >= 11 is 3.96. The first-order chi connectivity index (χ1) is 5.09. The fraction of sp³-hybridized carbons (Fsp3) is 0.714. The largest absolute Gasteiger partial charge is 0.475 e. The van der Waals surface area contributed by atoms with Gasteiger partial charge in [0.15, 0.2) is 0 Å². The minimum Gasteiger partial charge on any atom is -0.475 e. The summed E-state index contributed by atoms with van der Waals surface area (Å²) in [6, 6.07) is 0. The molecule has 11 heavy (non-hydrogen) atoms. The summed E-state index contributed by atoms with van der Waals surface area (Å²) in [7, 11) is 0. The number of rotatable bonds is 5. The maximum absolute atomic E-state index is 10.7. The van der Waals surface area contributed by atoms with E-state index in [9.17, 15) is 9.59 Å². The molecule has 64 valence electrons. The molecule has 0 fully saturated rings. The topological polar surface area (TPSA) is 54.4 Å².